The van der Waals surface area contributed by atoms with Gasteiger partial charge in [0.15, 0.2) is 5.78 Å². The number of hydrogen-bond donors (Lipinski definition) is 3. The van der Waals surface area contributed by atoms with Gasteiger partial charge in [0.05, 0.1) is 6.20 Å². The third-order valence-corrected chi connectivity index (χ3v) is 3.23. The third-order valence-electron chi connectivity index (χ3n) is 3.23. The topological polar surface area (TPSA) is 108 Å². The molecule has 0 unspecified atom stereocenters. The molecule has 0 fully saturated rings. The number of carbonyl (C=O) groups excluding carboxylic acids is 1. The van der Waals surface area contributed by atoms with Crippen molar-refractivity contribution in [3.63, 3.8) is 0 Å². The van der Waals surface area contributed by atoms with Crippen molar-refractivity contribution >= 4 is 5.78 Å². The van der Waals surface area contributed by atoms with E-state index in [0.29, 0.717) is 16.8 Å². The van der Waals surface area contributed by atoms with Gasteiger partial charge in [-0.15, -0.1) is 5.10 Å². The van der Waals surface area contributed by atoms with Crippen molar-refractivity contribution in [1.29, 1.82) is 0 Å². The lowest BCUT2D eigenvalue weighted by Gasteiger charge is -2.01. The molecule has 2 aromatic carbocycles. The summed E-state index contributed by atoms with van der Waals surface area (Å²) in [5.74, 6) is -0.266. The zero-order chi connectivity index (χ0) is 16.4. The molecule has 1 aromatic heterocycles. The molecule has 0 aliphatic heterocycles. The van der Waals surface area contributed by atoms with Crippen LogP contribution in [0.1, 0.15) is 10.4 Å². The molecule has 0 radical (unpaired) electrons. The Bertz CT molecular complexity index is 836. The lowest BCUT2D eigenvalue weighted by molar-refractivity contribution is 0.0967. The molecule has 23 heavy (non-hydrogen) atoms. The second kappa shape index (κ2) is 5.80. The van der Waals surface area contributed by atoms with Crippen LogP contribution in [0.2, 0.25) is 0 Å². The number of benzene rings is 2. The number of carbonyl (C=O) groups is 1. The van der Waals surface area contributed by atoms with E-state index in [2.05, 4.69) is 10.3 Å². The minimum Gasteiger partial charge on any atom is -0.508 e. The fraction of sp³-hybridized carbons (Fsp3) is 0.0625. The first-order chi connectivity index (χ1) is 11.0. The Labute approximate surface area is 131 Å². The van der Waals surface area contributed by atoms with Gasteiger partial charge in [0.25, 0.3) is 0 Å². The van der Waals surface area contributed by atoms with E-state index in [1.54, 1.807) is 6.20 Å². The number of nitrogens with zero attached hydrogens (tertiary/aromatic N) is 3. The maximum atomic E-state index is 12.1. The van der Waals surface area contributed by atoms with E-state index < -0.39 is 0 Å². The Hall–Kier alpha value is -3.35. The smallest absolute Gasteiger partial charge is 0.184 e. The lowest BCUT2D eigenvalue weighted by atomic mass is 10.1. The van der Waals surface area contributed by atoms with Crippen molar-refractivity contribution in [3.05, 3.63) is 54.2 Å². The number of aromatic hydroxyl groups is 3. The maximum Gasteiger partial charge on any atom is 0.184 e. The summed E-state index contributed by atoms with van der Waals surface area (Å²) in [7, 11) is 0. The molecule has 3 aromatic rings. The monoisotopic (exact) mass is 311 g/mol. The number of rotatable bonds is 4. The minimum absolute atomic E-state index is 0.0113. The molecule has 0 saturated heterocycles. The van der Waals surface area contributed by atoms with E-state index in [4.69, 9.17) is 0 Å². The van der Waals surface area contributed by atoms with Crippen LogP contribution in [-0.2, 0) is 6.54 Å². The van der Waals surface area contributed by atoms with E-state index in [1.807, 2.05) is 0 Å². The van der Waals surface area contributed by atoms with Gasteiger partial charge in [0.2, 0.25) is 0 Å². The van der Waals surface area contributed by atoms with E-state index in [1.165, 1.54) is 47.1 Å². The molecule has 0 aliphatic carbocycles. The summed E-state index contributed by atoms with van der Waals surface area (Å²) in [6.45, 7) is -0.0113. The highest BCUT2D eigenvalue weighted by Crippen LogP contribution is 2.27. The molecule has 3 rings (SSSR count). The van der Waals surface area contributed by atoms with E-state index in [0.717, 1.165) is 0 Å². The molecule has 7 nitrogen and oxygen atoms in total. The highest BCUT2D eigenvalue weighted by Gasteiger charge is 2.11. The predicted octanol–water partition coefficient (Wildman–Crippen LogP) is 1.94. The van der Waals surface area contributed by atoms with Crippen LogP contribution >= 0.6 is 0 Å². The van der Waals surface area contributed by atoms with Crippen LogP contribution in [0.25, 0.3) is 11.3 Å². The number of aromatic nitrogens is 3. The normalized spacial score (nSPS) is 10.6. The zero-order valence-corrected chi connectivity index (χ0v) is 11.9. The molecule has 116 valence electrons. The first-order valence-electron chi connectivity index (χ1n) is 6.77. The molecule has 0 bridgehead atoms. The Balaban J connectivity index is 1.79. The highest BCUT2D eigenvalue weighted by atomic mass is 16.3. The molecule has 7 heteroatoms. The standard InChI is InChI=1S/C16H13N3O4/c20-12-3-1-10(2-4-12)16(23)9-19-8-15(17-18-19)11-5-13(21)7-14(22)6-11/h1-8,20-22H,9H2. The maximum absolute atomic E-state index is 12.1. The number of hydrogen-bond acceptors (Lipinski definition) is 6. The van der Waals surface area contributed by atoms with E-state index in [-0.39, 0.29) is 29.6 Å². The lowest BCUT2D eigenvalue weighted by Crippen LogP contribution is -2.10. The van der Waals surface area contributed by atoms with Crippen molar-refractivity contribution in [2.45, 2.75) is 6.54 Å². The predicted molar refractivity (Wildman–Crippen MR) is 81.2 cm³/mol. The molecule has 0 aliphatic rings. The zero-order valence-electron chi connectivity index (χ0n) is 11.9. The van der Waals surface area contributed by atoms with Crippen LogP contribution in [0.4, 0.5) is 0 Å². The molecular weight excluding hydrogens is 298 g/mol. The van der Waals surface area contributed by atoms with Gasteiger partial charge in [-0.2, -0.15) is 0 Å². The van der Waals surface area contributed by atoms with Gasteiger partial charge in [0, 0.05) is 17.2 Å². The Morgan fingerprint density at radius 3 is 2.26 bits per heavy atom. The van der Waals surface area contributed by atoms with Gasteiger partial charge in [0.1, 0.15) is 29.5 Å². The summed E-state index contributed by atoms with van der Waals surface area (Å²) in [5.41, 5.74) is 1.37. The third kappa shape index (κ3) is 3.29. The second-order valence-electron chi connectivity index (χ2n) is 5.01. The van der Waals surface area contributed by atoms with Gasteiger partial charge in [-0.3, -0.25) is 4.79 Å². The number of Topliss-reactive ketones (excluding diaryl/α,β-unsaturated/α-hetero) is 1. The average molecular weight is 311 g/mol. The summed E-state index contributed by atoms with van der Waals surface area (Å²) in [6, 6.07) is 10.0. The molecule has 0 atom stereocenters. The van der Waals surface area contributed by atoms with Crippen LogP contribution in [0.15, 0.2) is 48.7 Å². The summed E-state index contributed by atoms with van der Waals surface area (Å²) < 4.78 is 1.37. The van der Waals surface area contributed by atoms with E-state index >= 15 is 0 Å². The van der Waals surface area contributed by atoms with Crippen molar-refractivity contribution < 1.29 is 20.1 Å². The fourth-order valence-corrected chi connectivity index (χ4v) is 2.14. The molecule has 3 N–H and O–H groups in total. The van der Waals surface area contributed by atoms with Gasteiger partial charge in [-0.05, 0) is 36.4 Å². The quantitative estimate of drug-likeness (QED) is 0.635. The van der Waals surface area contributed by atoms with Crippen LogP contribution < -0.4 is 0 Å². The summed E-state index contributed by atoms with van der Waals surface area (Å²) in [4.78, 5) is 12.1. The van der Waals surface area contributed by atoms with Crippen LogP contribution in [-0.4, -0.2) is 36.1 Å². The summed E-state index contributed by atoms with van der Waals surface area (Å²) in [6.07, 6.45) is 1.55. The van der Waals surface area contributed by atoms with Crippen molar-refractivity contribution in [2.24, 2.45) is 0 Å². The van der Waals surface area contributed by atoms with Crippen LogP contribution in [0.3, 0.4) is 0 Å². The summed E-state index contributed by atoms with van der Waals surface area (Å²) in [5, 5.41) is 36.0. The molecule has 0 saturated carbocycles. The Morgan fingerprint density at radius 2 is 1.61 bits per heavy atom. The molecule has 1 heterocycles. The van der Waals surface area contributed by atoms with Crippen molar-refractivity contribution in [2.75, 3.05) is 0 Å². The Morgan fingerprint density at radius 1 is 0.957 bits per heavy atom. The number of phenols is 3. The van der Waals surface area contributed by atoms with Gasteiger partial charge >= 0.3 is 0 Å². The van der Waals surface area contributed by atoms with Crippen molar-refractivity contribution in [3.8, 4) is 28.5 Å². The van der Waals surface area contributed by atoms with Gasteiger partial charge < -0.3 is 15.3 Å². The number of phenolic OH excluding ortho intramolecular Hbond substituents is 3. The second-order valence-corrected chi connectivity index (χ2v) is 5.01. The largest absolute Gasteiger partial charge is 0.508 e. The first kappa shape index (κ1) is 14.6. The number of ketones is 1. The molecule has 0 amide bonds. The SMILES string of the molecule is O=C(Cn1cc(-c2cc(O)cc(O)c2)nn1)c1ccc(O)cc1. The Kier molecular flexibility index (Phi) is 3.68. The summed E-state index contributed by atoms with van der Waals surface area (Å²) >= 11 is 0. The highest BCUT2D eigenvalue weighted by molar-refractivity contribution is 5.95. The van der Waals surface area contributed by atoms with Crippen LogP contribution in [0.5, 0.6) is 17.2 Å². The fourth-order valence-electron chi connectivity index (χ4n) is 2.14. The van der Waals surface area contributed by atoms with Gasteiger partial charge in [-0.25, -0.2) is 4.68 Å². The van der Waals surface area contributed by atoms with Gasteiger partial charge in [-0.1, -0.05) is 5.21 Å². The molecular formula is C16H13N3O4. The average Bonchev–Trinajstić information content (AvgIpc) is 2.95. The van der Waals surface area contributed by atoms with Crippen LogP contribution in [0, 0.1) is 0 Å². The van der Waals surface area contributed by atoms with Crippen molar-refractivity contribution in [1.82, 2.24) is 15.0 Å². The van der Waals surface area contributed by atoms with E-state index in [9.17, 15) is 20.1 Å². The first-order valence-corrected chi connectivity index (χ1v) is 6.77. The molecule has 0 spiro atoms. The minimum atomic E-state index is -0.180.